The minimum Gasteiger partial charge on any atom is -0.354 e. The van der Waals surface area contributed by atoms with Crippen LogP contribution >= 0.6 is 11.3 Å². The van der Waals surface area contributed by atoms with E-state index >= 15 is 0 Å². The Bertz CT molecular complexity index is 985. The van der Waals surface area contributed by atoms with Gasteiger partial charge in [0.25, 0.3) is 17.4 Å². The van der Waals surface area contributed by atoms with Gasteiger partial charge in [0.2, 0.25) is 0 Å². The summed E-state index contributed by atoms with van der Waals surface area (Å²) in [6.45, 7) is 0.827. The first-order chi connectivity index (χ1) is 11.8. The Morgan fingerprint density at radius 1 is 1.16 bits per heavy atom. The molecule has 0 aliphatic carbocycles. The van der Waals surface area contributed by atoms with Crippen molar-refractivity contribution in [1.82, 2.24) is 19.4 Å². The number of thiophene rings is 1. The molecule has 0 saturated heterocycles. The van der Waals surface area contributed by atoms with Crippen molar-refractivity contribution in [2.45, 2.75) is 13.0 Å². The Labute approximate surface area is 147 Å². The molecular formula is C16H18N4O4S. The first kappa shape index (κ1) is 17.2. The fourth-order valence-corrected chi connectivity index (χ4v) is 3.95. The van der Waals surface area contributed by atoms with Crippen molar-refractivity contribution in [2.24, 2.45) is 14.1 Å². The van der Waals surface area contributed by atoms with Gasteiger partial charge in [0.15, 0.2) is 0 Å². The number of fused-ring (bicyclic) bond motifs is 1. The summed E-state index contributed by atoms with van der Waals surface area (Å²) in [7, 11) is 4.42. The number of carbonyl (C=O) groups excluding carboxylic acids is 2. The lowest BCUT2D eigenvalue weighted by molar-refractivity contribution is 0.0723. The second kappa shape index (κ2) is 6.32. The maximum Gasteiger partial charge on any atom is 0.331 e. The van der Waals surface area contributed by atoms with Crippen LogP contribution in [-0.4, -0.2) is 39.4 Å². The van der Waals surface area contributed by atoms with Crippen LogP contribution in [-0.2, 0) is 27.1 Å². The zero-order valence-electron chi connectivity index (χ0n) is 14.2. The quantitative estimate of drug-likeness (QED) is 0.794. The summed E-state index contributed by atoms with van der Waals surface area (Å²) in [5.41, 5.74) is -0.0529. The van der Waals surface area contributed by atoms with E-state index in [-0.39, 0.29) is 17.5 Å². The Morgan fingerprint density at radius 2 is 1.88 bits per heavy atom. The van der Waals surface area contributed by atoms with E-state index in [2.05, 4.69) is 5.32 Å². The Balaban J connectivity index is 1.91. The summed E-state index contributed by atoms with van der Waals surface area (Å²) in [5, 5.41) is 2.59. The Hall–Kier alpha value is -2.68. The molecule has 2 amide bonds. The second-order valence-corrected chi connectivity index (χ2v) is 7.02. The molecular weight excluding hydrogens is 344 g/mol. The van der Waals surface area contributed by atoms with Gasteiger partial charge in [-0.1, -0.05) is 0 Å². The van der Waals surface area contributed by atoms with Crippen LogP contribution in [0.2, 0.25) is 0 Å². The number of amides is 2. The average Bonchev–Trinajstić information content (AvgIpc) is 3.04. The van der Waals surface area contributed by atoms with E-state index in [1.54, 1.807) is 18.0 Å². The normalized spacial score (nSPS) is 13.5. The van der Waals surface area contributed by atoms with Crippen molar-refractivity contribution in [3.63, 3.8) is 0 Å². The number of nitrogens with one attached hydrogen (secondary N) is 1. The van der Waals surface area contributed by atoms with Gasteiger partial charge in [-0.25, -0.2) is 4.79 Å². The van der Waals surface area contributed by atoms with Gasteiger partial charge < -0.3 is 10.2 Å². The van der Waals surface area contributed by atoms with Crippen molar-refractivity contribution >= 4 is 23.2 Å². The smallest absolute Gasteiger partial charge is 0.331 e. The van der Waals surface area contributed by atoms with Crippen molar-refractivity contribution < 1.29 is 9.59 Å². The summed E-state index contributed by atoms with van der Waals surface area (Å²) in [4.78, 5) is 51.7. The van der Waals surface area contributed by atoms with Gasteiger partial charge in [0.1, 0.15) is 5.69 Å². The van der Waals surface area contributed by atoms with E-state index < -0.39 is 11.2 Å². The molecule has 0 bridgehead atoms. The maximum atomic E-state index is 12.8. The van der Waals surface area contributed by atoms with Gasteiger partial charge >= 0.3 is 5.69 Å². The molecule has 8 nitrogen and oxygen atoms in total. The highest BCUT2D eigenvalue weighted by molar-refractivity contribution is 7.14. The molecule has 0 radical (unpaired) electrons. The molecule has 0 fully saturated rings. The van der Waals surface area contributed by atoms with Crippen LogP contribution in [0.25, 0.3) is 0 Å². The highest BCUT2D eigenvalue weighted by atomic mass is 32.1. The van der Waals surface area contributed by atoms with E-state index in [1.807, 2.05) is 0 Å². The standard InChI is InChI=1S/C16H18N4O4S/c1-17-14(22)12-6-9-8-20(5-4-11(9)25-12)15(23)10-7-13(21)19(3)16(24)18(10)2/h6-7H,4-5,8H2,1-3H3,(H,17,22). The molecule has 0 saturated carbocycles. The minimum atomic E-state index is -0.536. The van der Waals surface area contributed by atoms with Crippen molar-refractivity contribution in [3.8, 4) is 0 Å². The topological polar surface area (TPSA) is 93.4 Å². The van der Waals surface area contributed by atoms with Gasteiger partial charge in [-0.15, -0.1) is 11.3 Å². The van der Waals surface area contributed by atoms with Gasteiger partial charge in [0, 0.05) is 45.2 Å². The van der Waals surface area contributed by atoms with E-state index in [1.165, 1.54) is 36.1 Å². The highest BCUT2D eigenvalue weighted by Crippen LogP contribution is 2.28. The molecule has 1 N–H and O–H groups in total. The van der Waals surface area contributed by atoms with Crippen LogP contribution in [0.15, 0.2) is 21.7 Å². The number of nitrogens with zero attached hydrogens (tertiary/aromatic N) is 3. The van der Waals surface area contributed by atoms with Crippen LogP contribution in [0.3, 0.4) is 0 Å². The third-order valence-corrected chi connectivity index (χ3v) is 5.59. The van der Waals surface area contributed by atoms with E-state index in [0.717, 1.165) is 15.0 Å². The lowest BCUT2D eigenvalue weighted by atomic mass is 10.1. The molecule has 0 atom stereocenters. The summed E-state index contributed by atoms with van der Waals surface area (Å²) in [5.74, 6) is -0.512. The zero-order chi connectivity index (χ0) is 18.3. The van der Waals surface area contributed by atoms with Crippen LogP contribution in [0, 0.1) is 0 Å². The third kappa shape index (κ3) is 2.91. The zero-order valence-corrected chi connectivity index (χ0v) is 15.0. The van der Waals surface area contributed by atoms with Crippen LogP contribution < -0.4 is 16.6 Å². The SMILES string of the molecule is CNC(=O)c1cc2c(s1)CCN(C(=O)c1cc(=O)n(C)c(=O)n1C)C2. The van der Waals surface area contributed by atoms with Crippen molar-refractivity contribution in [3.05, 3.63) is 54.0 Å². The molecule has 1 aliphatic heterocycles. The maximum absolute atomic E-state index is 12.8. The lowest BCUT2D eigenvalue weighted by Crippen LogP contribution is -2.43. The average molecular weight is 362 g/mol. The number of hydrogen-bond donors (Lipinski definition) is 1. The van der Waals surface area contributed by atoms with Crippen LogP contribution in [0.1, 0.15) is 30.6 Å². The Morgan fingerprint density at radius 3 is 2.56 bits per heavy atom. The summed E-state index contributed by atoms with van der Waals surface area (Å²) < 4.78 is 2.14. The van der Waals surface area contributed by atoms with E-state index in [0.29, 0.717) is 24.4 Å². The molecule has 9 heteroatoms. The van der Waals surface area contributed by atoms with Crippen LogP contribution in [0.5, 0.6) is 0 Å². The van der Waals surface area contributed by atoms with Crippen molar-refractivity contribution in [2.75, 3.05) is 13.6 Å². The first-order valence-electron chi connectivity index (χ1n) is 7.73. The van der Waals surface area contributed by atoms with Gasteiger partial charge in [-0.3, -0.25) is 23.5 Å². The molecule has 1 aliphatic rings. The van der Waals surface area contributed by atoms with Gasteiger partial charge in [-0.2, -0.15) is 0 Å². The van der Waals surface area contributed by atoms with E-state index in [9.17, 15) is 19.2 Å². The fourth-order valence-electron chi connectivity index (χ4n) is 2.84. The summed E-state index contributed by atoms with van der Waals surface area (Å²) in [6.07, 6.45) is 0.640. The molecule has 3 rings (SSSR count). The number of rotatable bonds is 2. The highest BCUT2D eigenvalue weighted by Gasteiger charge is 2.26. The number of hydrogen-bond acceptors (Lipinski definition) is 5. The molecule has 2 aromatic rings. The molecule has 132 valence electrons. The molecule has 25 heavy (non-hydrogen) atoms. The summed E-state index contributed by atoms with van der Waals surface area (Å²) >= 11 is 1.43. The van der Waals surface area contributed by atoms with Gasteiger partial charge in [-0.05, 0) is 18.1 Å². The lowest BCUT2D eigenvalue weighted by Gasteiger charge is -2.27. The van der Waals surface area contributed by atoms with Crippen LogP contribution in [0.4, 0.5) is 0 Å². The fraction of sp³-hybridized carbons (Fsp3) is 0.375. The predicted octanol–water partition coefficient (Wildman–Crippen LogP) is -0.296. The first-order valence-corrected chi connectivity index (χ1v) is 8.55. The molecule has 0 aromatic carbocycles. The summed E-state index contributed by atoms with van der Waals surface area (Å²) in [6, 6.07) is 2.98. The monoisotopic (exact) mass is 362 g/mol. The van der Waals surface area contributed by atoms with Gasteiger partial charge in [0.05, 0.1) is 4.88 Å². The van der Waals surface area contributed by atoms with E-state index in [4.69, 9.17) is 0 Å². The number of carbonyl (C=O) groups is 2. The number of aromatic nitrogens is 2. The third-order valence-electron chi connectivity index (χ3n) is 4.35. The molecule has 3 heterocycles. The largest absolute Gasteiger partial charge is 0.354 e. The molecule has 2 aromatic heterocycles. The molecule has 0 unspecified atom stereocenters. The predicted molar refractivity (Wildman–Crippen MR) is 93.1 cm³/mol. The molecule has 0 spiro atoms. The Kier molecular flexibility index (Phi) is 4.34. The minimum absolute atomic E-state index is 0.0679. The van der Waals surface area contributed by atoms with Crippen molar-refractivity contribution in [1.29, 1.82) is 0 Å². The second-order valence-electron chi connectivity index (χ2n) is 5.88.